The van der Waals surface area contributed by atoms with E-state index in [1.54, 1.807) is 14.2 Å². The number of fused-ring (bicyclic) bond motifs is 1. The lowest BCUT2D eigenvalue weighted by Gasteiger charge is -2.39. The molecule has 1 aliphatic rings. The number of piperazine rings is 1. The first-order valence-corrected chi connectivity index (χ1v) is 10.2. The molecule has 1 aliphatic heterocycles. The van der Waals surface area contributed by atoms with Crippen molar-refractivity contribution >= 4 is 27.9 Å². The summed E-state index contributed by atoms with van der Waals surface area (Å²) in [5.74, 6) is 1.35. The normalized spacial score (nSPS) is 17.5. The van der Waals surface area contributed by atoms with Crippen LogP contribution in [0.4, 0.5) is 5.69 Å². The fourth-order valence-electron chi connectivity index (χ4n) is 3.51. The Kier molecular flexibility index (Phi) is 7.03. The molecule has 0 aliphatic carbocycles. The molecule has 1 aromatic heterocycles. The lowest BCUT2D eigenvalue weighted by atomic mass is 10.1. The van der Waals surface area contributed by atoms with Crippen molar-refractivity contribution in [3.8, 4) is 11.5 Å². The fourth-order valence-corrected chi connectivity index (χ4v) is 3.72. The minimum atomic E-state index is -2.30. The molecule has 9 nitrogen and oxygen atoms in total. The summed E-state index contributed by atoms with van der Waals surface area (Å²) in [5, 5.41) is 1.03. The molecular formula is C18H26N5O4S-. The molecule has 154 valence electrons. The first kappa shape index (κ1) is 20.7. The van der Waals surface area contributed by atoms with E-state index in [-0.39, 0.29) is 6.04 Å². The zero-order chi connectivity index (χ0) is 20.1. The summed E-state index contributed by atoms with van der Waals surface area (Å²) in [6.45, 7) is 6.15. The zero-order valence-electron chi connectivity index (χ0n) is 16.3. The molecule has 28 heavy (non-hydrogen) atoms. The molecular weight excluding hydrogens is 382 g/mol. The van der Waals surface area contributed by atoms with Crippen LogP contribution < -0.4 is 24.6 Å². The molecule has 0 saturated carbocycles. The Bertz CT molecular complexity index is 829. The van der Waals surface area contributed by atoms with Crippen LogP contribution in [0.1, 0.15) is 6.92 Å². The highest BCUT2D eigenvalue weighted by Crippen LogP contribution is 2.35. The van der Waals surface area contributed by atoms with Crippen LogP contribution in [0.25, 0.3) is 10.9 Å². The van der Waals surface area contributed by atoms with Gasteiger partial charge in [0.25, 0.3) is 0 Å². The molecule has 1 fully saturated rings. The molecule has 0 amide bonds. The van der Waals surface area contributed by atoms with E-state index < -0.39 is 11.3 Å². The second-order valence-electron chi connectivity index (χ2n) is 6.64. The molecule has 1 aromatic carbocycles. The standard InChI is InChI=1S/C18H27N5O4S/c1-13(12-20-21-28(24)25)22-6-8-23(9-7-22)16-4-5-19-15-11-18(27-3)17(26-2)10-14(15)16/h4-5,10-11,13,20-21H,6-9,12H2,1-3H3,(H,24,25)/p-1. The van der Waals surface area contributed by atoms with Crippen molar-refractivity contribution in [3.05, 3.63) is 24.4 Å². The smallest absolute Gasteiger partial charge is 0.162 e. The quantitative estimate of drug-likeness (QED) is 0.485. The third-order valence-corrected chi connectivity index (χ3v) is 5.37. The van der Waals surface area contributed by atoms with Crippen molar-refractivity contribution in [3.63, 3.8) is 0 Å². The van der Waals surface area contributed by atoms with Gasteiger partial charge in [-0.2, -0.15) is 4.83 Å². The van der Waals surface area contributed by atoms with Gasteiger partial charge >= 0.3 is 0 Å². The number of hydrogen-bond donors (Lipinski definition) is 2. The topological polar surface area (TPSA) is 102 Å². The third-order valence-electron chi connectivity index (χ3n) is 5.06. The van der Waals surface area contributed by atoms with Crippen LogP contribution in [0.2, 0.25) is 0 Å². The van der Waals surface area contributed by atoms with E-state index in [0.29, 0.717) is 18.0 Å². The highest BCUT2D eigenvalue weighted by molar-refractivity contribution is 7.76. The monoisotopic (exact) mass is 408 g/mol. The van der Waals surface area contributed by atoms with Crippen LogP contribution in [-0.4, -0.2) is 71.6 Å². The van der Waals surface area contributed by atoms with Gasteiger partial charge in [-0.05, 0) is 19.1 Å². The highest BCUT2D eigenvalue weighted by atomic mass is 32.2. The van der Waals surface area contributed by atoms with Gasteiger partial charge < -0.3 is 18.9 Å². The number of nitrogens with zero attached hydrogens (tertiary/aromatic N) is 3. The number of pyridine rings is 1. The Morgan fingerprint density at radius 1 is 1.21 bits per heavy atom. The number of anilines is 1. The maximum absolute atomic E-state index is 10.5. The number of hydrogen-bond acceptors (Lipinski definition) is 8. The van der Waals surface area contributed by atoms with Crippen LogP contribution in [0.15, 0.2) is 24.4 Å². The molecule has 2 atom stereocenters. The number of rotatable bonds is 8. The third kappa shape index (κ3) is 4.70. The molecule has 2 unspecified atom stereocenters. The molecule has 0 bridgehead atoms. The molecule has 3 rings (SSSR count). The molecule has 2 N–H and O–H groups in total. The highest BCUT2D eigenvalue weighted by Gasteiger charge is 2.22. The predicted molar refractivity (Wildman–Crippen MR) is 108 cm³/mol. The van der Waals surface area contributed by atoms with E-state index >= 15 is 0 Å². The summed E-state index contributed by atoms with van der Waals surface area (Å²) in [5.41, 5.74) is 4.71. The summed E-state index contributed by atoms with van der Waals surface area (Å²) in [6.07, 6.45) is 1.82. The summed E-state index contributed by atoms with van der Waals surface area (Å²) in [7, 11) is 3.25. The minimum absolute atomic E-state index is 0.219. The average Bonchev–Trinajstić information content (AvgIpc) is 2.72. The van der Waals surface area contributed by atoms with E-state index in [4.69, 9.17) is 9.47 Å². The second-order valence-corrected chi connectivity index (χ2v) is 7.32. The molecule has 2 aromatic rings. The number of aromatic nitrogens is 1. The summed E-state index contributed by atoms with van der Waals surface area (Å²) in [4.78, 5) is 11.3. The van der Waals surface area contributed by atoms with E-state index in [2.05, 4.69) is 32.0 Å². The van der Waals surface area contributed by atoms with Gasteiger partial charge in [0.2, 0.25) is 0 Å². The maximum Gasteiger partial charge on any atom is 0.162 e. The van der Waals surface area contributed by atoms with Gasteiger partial charge in [-0.3, -0.25) is 14.1 Å². The van der Waals surface area contributed by atoms with Crippen molar-refractivity contribution < 1.29 is 18.2 Å². The molecule has 2 heterocycles. The lowest BCUT2D eigenvalue weighted by Crippen LogP contribution is -2.53. The summed E-state index contributed by atoms with van der Waals surface area (Å²) < 4.78 is 31.9. The Hall–Kier alpha value is -1.98. The first-order valence-electron chi connectivity index (χ1n) is 9.11. The fraction of sp³-hybridized carbons (Fsp3) is 0.500. The van der Waals surface area contributed by atoms with E-state index in [1.807, 2.05) is 24.4 Å². The minimum Gasteiger partial charge on any atom is -0.759 e. The zero-order valence-corrected chi connectivity index (χ0v) is 17.1. The Labute approximate surface area is 167 Å². The van der Waals surface area contributed by atoms with Crippen molar-refractivity contribution in [1.29, 1.82) is 0 Å². The van der Waals surface area contributed by atoms with Gasteiger partial charge in [0, 0.05) is 73.4 Å². The van der Waals surface area contributed by atoms with E-state index in [0.717, 1.165) is 42.8 Å². The van der Waals surface area contributed by atoms with Crippen molar-refractivity contribution in [2.24, 2.45) is 0 Å². The second kappa shape index (κ2) is 9.48. The van der Waals surface area contributed by atoms with Crippen LogP contribution in [0.5, 0.6) is 11.5 Å². The molecule has 0 radical (unpaired) electrons. The van der Waals surface area contributed by atoms with Crippen LogP contribution in [0.3, 0.4) is 0 Å². The Morgan fingerprint density at radius 2 is 1.89 bits per heavy atom. The number of methoxy groups -OCH3 is 2. The van der Waals surface area contributed by atoms with Crippen LogP contribution in [0, 0.1) is 0 Å². The Morgan fingerprint density at radius 3 is 2.54 bits per heavy atom. The van der Waals surface area contributed by atoms with E-state index in [1.165, 1.54) is 0 Å². The van der Waals surface area contributed by atoms with Crippen LogP contribution in [-0.2, 0) is 11.3 Å². The number of nitrogens with one attached hydrogen (secondary N) is 2. The maximum atomic E-state index is 10.5. The molecule has 0 spiro atoms. The Balaban J connectivity index is 1.70. The van der Waals surface area contributed by atoms with Gasteiger partial charge in [-0.25, -0.2) is 5.43 Å². The molecule has 10 heteroatoms. The number of hydrazine groups is 1. The van der Waals surface area contributed by atoms with Crippen molar-refractivity contribution in [1.82, 2.24) is 20.1 Å². The first-order chi connectivity index (χ1) is 13.5. The van der Waals surface area contributed by atoms with Gasteiger partial charge in [-0.15, -0.1) is 0 Å². The van der Waals surface area contributed by atoms with Gasteiger partial charge in [0.05, 0.1) is 19.7 Å². The average molecular weight is 409 g/mol. The molecule has 1 saturated heterocycles. The SMILES string of the molecule is COc1cc2nccc(N3CCN(C(C)CNNS(=O)[O-])CC3)c2cc1OC. The number of benzene rings is 1. The summed E-state index contributed by atoms with van der Waals surface area (Å²) in [6, 6.07) is 6.12. The van der Waals surface area contributed by atoms with Crippen LogP contribution >= 0.6 is 0 Å². The van der Waals surface area contributed by atoms with Crippen molar-refractivity contribution in [2.45, 2.75) is 13.0 Å². The lowest BCUT2D eigenvalue weighted by molar-refractivity contribution is 0.192. The van der Waals surface area contributed by atoms with E-state index in [9.17, 15) is 8.76 Å². The summed E-state index contributed by atoms with van der Waals surface area (Å²) >= 11 is -2.30. The predicted octanol–water partition coefficient (Wildman–Crippen LogP) is 0.651. The number of ether oxygens (including phenoxy) is 2. The largest absolute Gasteiger partial charge is 0.759 e. The van der Waals surface area contributed by atoms with Crippen molar-refractivity contribution in [2.75, 3.05) is 51.8 Å². The van der Waals surface area contributed by atoms with Gasteiger partial charge in [0.15, 0.2) is 11.5 Å². The van der Waals surface area contributed by atoms with Gasteiger partial charge in [0.1, 0.15) is 0 Å². The van der Waals surface area contributed by atoms with Gasteiger partial charge in [-0.1, -0.05) is 0 Å².